The fourth-order valence-electron chi connectivity index (χ4n) is 2.00. The van der Waals surface area contributed by atoms with Crippen LogP contribution in [0.4, 0.5) is 0 Å². The van der Waals surface area contributed by atoms with Crippen molar-refractivity contribution in [2.24, 2.45) is 0 Å². The molecule has 0 aliphatic rings. The summed E-state index contributed by atoms with van der Waals surface area (Å²) in [6, 6.07) is 0. The van der Waals surface area contributed by atoms with E-state index in [2.05, 4.69) is 22.2 Å². The SMILES string of the molecule is CCCCCCCCCCCCCC=C[P]. The molecule has 0 fully saturated rings. The second kappa shape index (κ2) is 15.2. The second-order valence-electron chi connectivity index (χ2n) is 4.71. The Balaban J connectivity index is 2.88. The van der Waals surface area contributed by atoms with E-state index in [0.717, 1.165) is 0 Å². The molecule has 0 saturated carbocycles. The van der Waals surface area contributed by atoms with Crippen LogP contribution in [0.2, 0.25) is 0 Å². The number of unbranched alkanes of at least 4 members (excludes halogenated alkanes) is 11. The summed E-state index contributed by atoms with van der Waals surface area (Å²) in [5, 5.41) is 0. The smallest absolute Gasteiger partial charge is 0.0146 e. The van der Waals surface area contributed by atoms with Crippen LogP contribution in [0.1, 0.15) is 84.0 Å². The average molecular weight is 240 g/mol. The lowest BCUT2D eigenvalue weighted by molar-refractivity contribution is 0.550. The zero-order valence-corrected chi connectivity index (χ0v) is 12.0. The zero-order chi connectivity index (χ0) is 11.9. The molecule has 0 aromatic heterocycles. The third-order valence-electron chi connectivity index (χ3n) is 3.08. The Kier molecular flexibility index (Phi) is 15.3. The van der Waals surface area contributed by atoms with E-state index in [4.69, 9.17) is 0 Å². The average Bonchev–Trinajstić information content (AvgIpc) is 2.31. The van der Waals surface area contributed by atoms with Crippen molar-refractivity contribution >= 4 is 9.24 Å². The summed E-state index contributed by atoms with van der Waals surface area (Å²) in [5.41, 5.74) is 0. The normalized spacial score (nSPS) is 11.4. The first-order valence-electron chi connectivity index (χ1n) is 7.21. The molecule has 0 bridgehead atoms. The Morgan fingerprint density at radius 2 is 1.12 bits per heavy atom. The molecule has 0 spiro atoms. The van der Waals surface area contributed by atoms with Crippen LogP contribution < -0.4 is 0 Å². The Bertz CT molecular complexity index is 140. The molecule has 0 saturated heterocycles. The van der Waals surface area contributed by atoms with Gasteiger partial charge in [-0.05, 0) is 22.1 Å². The molecule has 0 aromatic carbocycles. The fourth-order valence-corrected chi connectivity index (χ4v) is 2.15. The predicted octanol–water partition coefficient (Wildman–Crippen LogP) is 6.61. The van der Waals surface area contributed by atoms with Crippen LogP contribution in [-0.4, -0.2) is 0 Å². The van der Waals surface area contributed by atoms with E-state index in [-0.39, 0.29) is 0 Å². The molecular formula is C15H29P. The van der Waals surface area contributed by atoms with Crippen molar-refractivity contribution < 1.29 is 0 Å². The van der Waals surface area contributed by atoms with Gasteiger partial charge in [0.1, 0.15) is 0 Å². The van der Waals surface area contributed by atoms with Gasteiger partial charge in [0, 0.05) is 0 Å². The summed E-state index contributed by atoms with van der Waals surface area (Å²) in [5.74, 6) is 1.86. The monoisotopic (exact) mass is 240 g/mol. The Morgan fingerprint density at radius 3 is 1.56 bits per heavy atom. The molecule has 0 unspecified atom stereocenters. The van der Waals surface area contributed by atoms with E-state index in [1.165, 1.54) is 77.0 Å². The van der Waals surface area contributed by atoms with Crippen LogP contribution in [0.5, 0.6) is 0 Å². The summed E-state index contributed by atoms with van der Waals surface area (Å²) < 4.78 is 0. The molecule has 0 nitrogen and oxygen atoms in total. The van der Waals surface area contributed by atoms with Crippen molar-refractivity contribution in [2.75, 3.05) is 0 Å². The molecule has 0 heterocycles. The molecule has 0 aliphatic carbocycles. The van der Waals surface area contributed by atoms with E-state index >= 15 is 0 Å². The minimum atomic E-state index is 1.21. The van der Waals surface area contributed by atoms with Gasteiger partial charge in [0.15, 0.2) is 0 Å². The molecule has 94 valence electrons. The van der Waals surface area contributed by atoms with E-state index in [1.54, 1.807) is 0 Å². The van der Waals surface area contributed by atoms with Gasteiger partial charge in [0.2, 0.25) is 0 Å². The Morgan fingerprint density at radius 1 is 0.688 bits per heavy atom. The van der Waals surface area contributed by atoms with E-state index in [0.29, 0.717) is 0 Å². The fraction of sp³-hybridized carbons (Fsp3) is 0.867. The highest BCUT2D eigenvalue weighted by Gasteiger charge is 1.92. The lowest BCUT2D eigenvalue weighted by Gasteiger charge is -2.01. The van der Waals surface area contributed by atoms with Crippen molar-refractivity contribution in [3.8, 4) is 0 Å². The largest absolute Gasteiger partial charge is 0.0834 e. The summed E-state index contributed by atoms with van der Waals surface area (Å²) in [4.78, 5) is 0. The van der Waals surface area contributed by atoms with Gasteiger partial charge in [-0.3, -0.25) is 0 Å². The van der Waals surface area contributed by atoms with Crippen molar-refractivity contribution in [3.63, 3.8) is 0 Å². The number of rotatable bonds is 12. The van der Waals surface area contributed by atoms with Gasteiger partial charge in [-0.15, -0.1) is 0 Å². The molecule has 16 heavy (non-hydrogen) atoms. The van der Waals surface area contributed by atoms with Gasteiger partial charge in [-0.25, -0.2) is 0 Å². The maximum Gasteiger partial charge on any atom is -0.0146 e. The molecule has 2 radical (unpaired) electrons. The van der Waals surface area contributed by atoms with Gasteiger partial charge in [-0.2, -0.15) is 0 Å². The lowest BCUT2D eigenvalue weighted by atomic mass is 10.1. The summed E-state index contributed by atoms with van der Waals surface area (Å²) in [6.07, 6.45) is 19.0. The first kappa shape index (κ1) is 16.2. The molecule has 0 rings (SSSR count). The summed E-state index contributed by atoms with van der Waals surface area (Å²) in [6.45, 7) is 2.28. The predicted molar refractivity (Wildman–Crippen MR) is 77.1 cm³/mol. The zero-order valence-electron chi connectivity index (χ0n) is 11.1. The standard InChI is InChI=1S/C15H29P/c1-2-3-4-5-6-7-8-9-10-11-12-13-14-15-16/h14-15H,2-13H2,1H3. The Hall–Kier alpha value is 0.170. The first-order valence-corrected chi connectivity index (χ1v) is 7.72. The molecule has 0 N–H and O–H groups in total. The molecule has 0 aromatic rings. The van der Waals surface area contributed by atoms with Crippen LogP contribution in [0.25, 0.3) is 0 Å². The first-order chi connectivity index (χ1) is 7.91. The molecule has 0 amide bonds. The highest BCUT2D eigenvalue weighted by atomic mass is 31.0. The lowest BCUT2D eigenvalue weighted by Crippen LogP contribution is -1.81. The van der Waals surface area contributed by atoms with Crippen molar-refractivity contribution in [2.45, 2.75) is 84.0 Å². The number of allylic oxidation sites excluding steroid dienone is 1. The summed E-state index contributed by atoms with van der Waals surface area (Å²) >= 11 is 0. The van der Waals surface area contributed by atoms with Crippen LogP contribution >= 0.6 is 9.24 Å². The molecule has 1 heteroatoms. The van der Waals surface area contributed by atoms with Crippen LogP contribution in [-0.2, 0) is 0 Å². The minimum absolute atomic E-state index is 1.21. The van der Waals surface area contributed by atoms with Gasteiger partial charge >= 0.3 is 0 Å². The molecule has 0 atom stereocenters. The van der Waals surface area contributed by atoms with Gasteiger partial charge in [0.05, 0.1) is 0 Å². The maximum absolute atomic E-state index is 4.05. The molecular weight excluding hydrogens is 211 g/mol. The van der Waals surface area contributed by atoms with Crippen LogP contribution in [0.15, 0.2) is 11.9 Å². The van der Waals surface area contributed by atoms with Gasteiger partial charge < -0.3 is 0 Å². The topological polar surface area (TPSA) is 0 Å². The quantitative estimate of drug-likeness (QED) is 0.266. The van der Waals surface area contributed by atoms with Crippen LogP contribution in [0.3, 0.4) is 0 Å². The summed E-state index contributed by atoms with van der Waals surface area (Å²) in [7, 11) is 4.05. The van der Waals surface area contributed by atoms with Crippen molar-refractivity contribution in [3.05, 3.63) is 11.9 Å². The maximum atomic E-state index is 4.05. The van der Waals surface area contributed by atoms with E-state index in [9.17, 15) is 0 Å². The van der Waals surface area contributed by atoms with Crippen molar-refractivity contribution in [1.82, 2.24) is 0 Å². The van der Waals surface area contributed by atoms with Gasteiger partial charge in [0.25, 0.3) is 0 Å². The third kappa shape index (κ3) is 14.2. The van der Waals surface area contributed by atoms with E-state index < -0.39 is 0 Å². The Labute approximate surface area is 105 Å². The number of hydrogen-bond acceptors (Lipinski definition) is 0. The van der Waals surface area contributed by atoms with Crippen molar-refractivity contribution in [1.29, 1.82) is 0 Å². The van der Waals surface area contributed by atoms with Gasteiger partial charge in [-0.1, -0.05) is 83.0 Å². The van der Waals surface area contributed by atoms with E-state index in [1.807, 2.05) is 5.82 Å². The highest BCUT2D eigenvalue weighted by Crippen LogP contribution is 2.12. The number of hydrogen-bond donors (Lipinski definition) is 0. The van der Waals surface area contributed by atoms with Crippen LogP contribution in [0, 0.1) is 0 Å². The third-order valence-corrected chi connectivity index (χ3v) is 3.29. The minimum Gasteiger partial charge on any atom is -0.0834 e. The highest BCUT2D eigenvalue weighted by molar-refractivity contribution is 7.20. The second-order valence-corrected chi connectivity index (χ2v) is 5.01. The molecule has 0 aliphatic heterocycles.